The van der Waals surface area contributed by atoms with E-state index in [1.807, 2.05) is 0 Å². The first kappa shape index (κ1) is 29.2. The van der Waals surface area contributed by atoms with Gasteiger partial charge in [0.2, 0.25) is 11.8 Å². The van der Waals surface area contributed by atoms with Crippen LogP contribution in [0.5, 0.6) is 23.3 Å². The zero-order chi connectivity index (χ0) is 30.7. The fourth-order valence-electron chi connectivity index (χ4n) is 4.12. The van der Waals surface area contributed by atoms with Crippen LogP contribution in [0.1, 0.15) is 18.1 Å². The molecule has 0 bridgehead atoms. The van der Waals surface area contributed by atoms with Crippen molar-refractivity contribution in [2.75, 3.05) is 14.2 Å². The Kier molecular flexibility index (Phi) is 8.21. The molecule has 0 atom stereocenters. The SMILES string of the molecule is COc1cccc(-n2c(=O)c(C=C=C(C)C=Cc3c(O)n(C)c(=O)n(-c4cccc(OC)c4)c3=O)c(O)n(C)c2=O)c1. The maximum atomic E-state index is 13.3. The highest BCUT2D eigenvalue weighted by Crippen LogP contribution is 2.19. The van der Waals surface area contributed by atoms with Gasteiger partial charge in [-0.3, -0.25) is 18.7 Å². The summed E-state index contributed by atoms with van der Waals surface area (Å²) in [7, 11) is 5.55. The highest BCUT2D eigenvalue weighted by Gasteiger charge is 2.18. The van der Waals surface area contributed by atoms with E-state index in [2.05, 4.69) is 5.73 Å². The molecule has 2 N–H and O–H groups in total. The van der Waals surface area contributed by atoms with Crippen molar-refractivity contribution in [2.45, 2.75) is 6.92 Å². The molecular formula is C30H28N4O8. The Morgan fingerprint density at radius 1 is 0.762 bits per heavy atom. The highest BCUT2D eigenvalue weighted by atomic mass is 16.5. The lowest BCUT2D eigenvalue weighted by atomic mass is 10.2. The Balaban J connectivity index is 1.82. The molecule has 0 aliphatic heterocycles. The number of aromatic hydroxyl groups is 2. The standard InChI is InChI=1S/C30H28N4O8/c1-18(12-14-23-25(35)31(2)29(39)33(27(23)37)19-8-6-10-21(16-19)41-4)13-15-24-26(36)32(3)30(40)34(28(24)38)20-9-7-11-22(17-20)42-5/h6-12,14-17,35-36H,1-5H3. The van der Waals surface area contributed by atoms with Gasteiger partial charge in [0.25, 0.3) is 11.1 Å². The fraction of sp³-hybridized carbons (Fsp3) is 0.167. The molecule has 12 heteroatoms. The molecule has 4 rings (SSSR count). The number of rotatable bonds is 7. The summed E-state index contributed by atoms with van der Waals surface area (Å²) in [4.78, 5) is 52.2. The van der Waals surface area contributed by atoms with Crippen LogP contribution in [-0.4, -0.2) is 42.7 Å². The van der Waals surface area contributed by atoms with Gasteiger partial charge in [-0.1, -0.05) is 18.2 Å². The molecule has 2 aromatic heterocycles. The monoisotopic (exact) mass is 572 g/mol. The molecule has 0 fully saturated rings. The van der Waals surface area contributed by atoms with E-state index in [1.54, 1.807) is 43.3 Å². The van der Waals surface area contributed by atoms with Crippen LogP contribution in [0.4, 0.5) is 0 Å². The first-order valence-corrected chi connectivity index (χ1v) is 12.5. The maximum Gasteiger partial charge on any atom is 0.338 e. The third-order valence-electron chi connectivity index (χ3n) is 6.51. The van der Waals surface area contributed by atoms with Crippen LogP contribution in [-0.2, 0) is 14.1 Å². The second-order valence-electron chi connectivity index (χ2n) is 9.15. The van der Waals surface area contributed by atoms with Gasteiger partial charge in [-0.05, 0) is 48.9 Å². The van der Waals surface area contributed by atoms with Crippen molar-refractivity contribution in [1.82, 2.24) is 18.3 Å². The molecule has 216 valence electrons. The Hall–Kier alpha value is -5.74. The van der Waals surface area contributed by atoms with E-state index in [0.717, 1.165) is 18.3 Å². The molecule has 0 radical (unpaired) electrons. The van der Waals surface area contributed by atoms with Gasteiger partial charge in [0, 0.05) is 26.2 Å². The van der Waals surface area contributed by atoms with Gasteiger partial charge in [-0.25, -0.2) is 18.7 Å². The van der Waals surface area contributed by atoms with E-state index in [4.69, 9.17) is 9.47 Å². The van der Waals surface area contributed by atoms with Gasteiger partial charge in [-0.15, -0.1) is 5.73 Å². The summed E-state index contributed by atoms with van der Waals surface area (Å²) in [5, 5.41) is 21.1. The Morgan fingerprint density at radius 3 is 1.69 bits per heavy atom. The quantitative estimate of drug-likeness (QED) is 0.253. The van der Waals surface area contributed by atoms with E-state index in [-0.39, 0.29) is 22.5 Å². The third-order valence-corrected chi connectivity index (χ3v) is 6.51. The van der Waals surface area contributed by atoms with Gasteiger partial charge in [0.05, 0.1) is 25.6 Å². The Labute approximate surface area is 238 Å². The zero-order valence-electron chi connectivity index (χ0n) is 23.5. The number of benzene rings is 2. The minimum Gasteiger partial charge on any atom is -0.497 e. The largest absolute Gasteiger partial charge is 0.497 e. The molecule has 0 saturated carbocycles. The van der Waals surface area contributed by atoms with Crippen LogP contribution in [0.2, 0.25) is 0 Å². The minimum atomic E-state index is -0.787. The summed E-state index contributed by atoms with van der Waals surface area (Å²) in [5.74, 6) is -0.248. The zero-order valence-corrected chi connectivity index (χ0v) is 23.5. The molecule has 12 nitrogen and oxygen atoms in total. The number of methoxy groups -OCH3 is 2. The van der Waals surface area contributed by atoms with E-state index < -0.39 is 34.3 Å². The molecule has 2 heterocycles. The van der Waals surface area contributed by atoms with Crippen molar-refractivity contribution in [3.8, 4) is 34.6 Å². The highest BCUT2D eigenvalue weighted by molar-refractivity contribution is 5.59. The Bertz CT molecular complexity index is 2040. The van der Waals surface area contributed by atoms with Gasteiger partial charge in [0.1, 0.15) is 22.6 Å². The summed E-state index contributed by atoms with van der Waals surface area (Å²) in [6.45, 7) is 1.60. The Morgan fingerprint density at radius 2 is 1.21 bits per heavy atom. The van der Waals surface area contributed by atoms with Crippen LogP contribution < -0.4 is 32.0 Å². The lowest BCUT2D eigenvalue weighted by molar-refractivity contribution is 0.410. The number of aromatic nitrogens is 4. The van der Waals surface area contributed by atoms with Crippen molar-refractivity contribution in [3.63, 3.8) is 0 Å². The fourth-order valence-corrected chi connectivity index (χ4v) is 4.12. The predicted octanol–water partition coefficient (Wildman–Crippen LogP) is 2.09. The van der Waals surface area contributed by atoms with E-state index in [1.165, 1.54) is 58.7 Å². The minimum absolute atomic E-state index is 0.175. The number of hydrogen-bond donors (Lipinski definition) is 2. The average Bonchev–Trinajstić information content (AvgIpc) is 2.99. The molecule has 4 aromatic rings. The van der Waals surface area contributed by atoms with Crippen molar-refractivity contribution in [3.05, 3.63) is 119 Å². The molecular weight excluding hydrogens is 544 g/mol. The average molecular weight is 573 g/mol. The maximum absolute atomic E-state index is 13.3. The van der Waals surface area contributed by atoms with Crippen LogP contribution in [0.15, 0.2) is 85.1 Å². The molecule has 0 unspecified atom stereocenters. The summed E-state index contributed by atoms with van der Waals surface area (Å²) in [6, 6.07) is 12.7. The van der Waals surface area contributed by atoms with Gasteiger partial charge >= 0.3 is 11.4 Å². The topological polar surface area (TPSA) is 147 Å². The summed E-state index contributed by atoms with van der Waals surface area (Å²) in [6.07, 6.45) is 3.95. The van der Waals surface area contributed by atoms with Crippen LogP contribution in [0, 0.1) is 0 Å². The van der Waals surface area contributed by atoms with E-state index >= 15 is 0 Å². The van der Waals surface area contributed by atoms with Crippen LogP contribution >= 0.6 is 0 Å². The third kappa shape index (κ3) is 5.34. The molecule has 0 spiro atoms. The van der Waals surface area contributed by atoms with E-state index in [0.29, 0.717) is 17.1 Å². The van der Waals surface area contributed by atoms with Gasteiger partial charge in [0.15, 0.2) is 0 Å². The summed E-state index contributed by atoms with van der Waals surface area (Å²) < 4.78 is 14.0. The summed E-state index contributed by atoms with van der Waals surface area (Å²) in [5.41, 5.74) is 0.257. The normalized spacial score (nSPS) is 10.9. The molecule has 0 aliphatic rings. The number of nitrogens with zero attached hydrogens (tertiary/aromatic N) is 4. The van der Waals surface area contributed by atoms with Crippen LogP contribution in [0.3, 0.4) is 0 Å². The molecule has 42 heavy (non-hydrogen) atoms. The molecule has 0 amide bonds. The number of hydrogen-bond acceptors (Lipinski definition) is 8. The lowest BCUT2D eigenvalue weighted by Crippen LogP contribution is -2.38. The number of allylic oxidation sites excluding steroid dienone is 2. The van der Waals surface area contributed by atoms with Crippen molar-refractivity contribution in [2.24, 2.45) is 14.1 Å². The molecule has 0 saturated heterocycles. The van der Waals surface area contributed by atoms with Crippen LogP contribution in [0.25, 0.3) is 23.5 Å². The predicted molar refractivity (Wildman–Crippen MR) is 157 cm³/mol. The van der Waals surface area contributed by atoms with Gasteiger partial charge < -0.3 is 19.7 Å². The first-order chi connectivity index (χ1) is 20.0. The van der Waals surface area contributed by atoms with E-state index in [9.17, 15) is 29.4 Å². The molecule has 0 aliphatic carbocycles. The first-order valence-electron chi connectivity index (χ1n) is 12.5. The second kappa shape index (κ2) is 11.8. The lowest BCUT2D eigenvalue weighted by Gasteiger charge is -2.12. The smallest absolute Gasteiger partial charge is 0.338 e. The van der Waals surface area contributed by atoms with Crippen molar-refractivity contribution >= 4 is 12.2 Å². The van der Waals surface area contributed by atoms with Crippen molar-refractivity contribution in [1.29, 1.82) is 0 Å². The van der Waals surface area contributed by atoms with Crippen molar-refractivity contribution < 1.29 is 19.7 Å². The van der Waals surface area contributed by atoms with Gasteiger partial charge in [-0.2, -0.15) is 0 Å². The summed E-state index contributed by atoms with van der Waals surface area (Å²) >= 11 is 0. The molecule has 2 aromatic carbocycles. The number of ether oxygens (including phenoxy) is 2. The second-order valence-corrected chi connectivity index (χ2v) is 9.15.